The van der Waals surface area contributed by atoms with Gasteiger partial charge in [-0.2, -0.15) is 4.31 Å². The average molecular weight is 328 g/mol. The molecular formula is C15H21FN2O3S. The van der Waals surface area contributed by atoms with Gasteiger partial charge in [0.15, 0.2) is 0 Å². The van der Waals surface area contributed by atoms with Gasteiger partial charge in [-0.1, -0.05) is 18.2 Å². The molecule has 1 aromatic carbocycles. The van der Waals surface area contributed by atoms with E-state index in [0.29, 0.717) is 5.56 Å². The molecule has 1 saturated heterocycles. The second-order valence-electron chi connectivity index (χ2n) is 5.53. The number of amides is 1. The minimum atomic E-state index is -3.50. The van der Waals surface area contributed by atoms with Gasteiger partial charge in [-0.3, -0.25) is 4.79 Å². The first kappa shape index (κ1) is 16.9. The van der Waals surface area contributed by atoms with Gasteiger partial charge in [0.1, 0.15) is 5.82 Å². The molecule has 1 heterocycles. The summed E-state index contributed by atoms with van der Waals surface area (Å²) in [6.45, 7) is 1.50. The standard InChI is InChI=1S/C15H21FN2O3S/c1-22(20,21)18(12-13-6-2-3-7-14(13)16)11-8-15(19)17-9-4-5-10-17/h2-3,6-7H,4-5,8-12H2,1H3. The normalized spacial score (nSPS) is 15.5. The molecule has 1 amide bonds. The van der Waals surface area contributed by atoms with Crippen molar-refractivity contribution in [2.75, 3.05) is 25.9 Å². The zero-order valence-electron chi connectivity index (χ0n) is 12.7. The molecule has 5 nitrogen and oxygen atoms in total. The Morgan fingerprint density at radius 1 is 1.27 bits per heavy atom. The lowest BCUT2D eigenvalue weighted by Crippen LogP contribution is -2.35. The van der Waals surface area contributed by atoms with Crippen LogP contribution in [0.2, 0.25) is 0 Å². The van der Waals surface area contributed by atoms with E-state index in [1.165, 1.54) is 6.07 Å². The third kappa shape index (κ3) is 4.51. The second kappa shape index (κ2) is 7.19. The predicted octanol–water partition coefficient (Wildman–Crippen LogP) is 1.60. The molecule has 1 fully saturated rings. The Labute approximate surface area is 130 Å². The predicted molar refractivity (Wildman–Crippen MR) is 82.1 cm³/mol. The van der Waals surface area contributed by atoms with E-state index in [1.54, 1.807) is 23.1 Å². The molecule has 0 N–H and O–H groups in total. The summed E-state index contributed by atoms with van der Waals surface area (Å²) in [7, 11) is -3.50. The Morgan fingerprint density at radius 2 is 1.91 bits per heavy atom. The number of benzene rings is 1. The fraction of sp³-hybridized carbons (Fsp3) is 0.533. The number of hydrogen-bond donors (Lipinski definition) is 0. The summed E-state index contributed by atoms with van der Waals surface area (Å²) >= 11 is 0. The summed E-state index contributed by atoms with van der Waals surface area (Å²) in [4.78, 5) is 13.8. The third-order valence-corrected chi connectivity index (χ3v) is 5.06. The first-order chi connectivity index (χ1) is 10.4. The van der Waals surface area contributed by atoms with Gasteiger partial charge in [-0.05, 0) is 18.9 Å². The number of carbonyl (C=O) groups is 1. The van der Waals surface area contributed by atoms with Gasteiger partial charge < -0.3 is 4.90 Å². The summed E-state index contributed by atoms with van der Waals surface area (Å²) in [5, 5.41) is 0. The van der Waals surface area contributed by atoms with Crippen LogP contribution < -0.4 is 0 Å². The molecule has 1 aliphatic heterocycles. The van der Waals surface area contributed by atoms with E-state index in [2.05, 4.69) is 0 Å². The SMILES string of the molecule is CS(=O)(=O)N(CCC(=O)N1CCCC1)Cc1ccccc1F. The fourth-order valence-electron chi connectivity index (χ4n) is 2.52. The minimum Gasteiger partial charge on any atom is -0.343 e. The van der Waals surface area contributed by atoms with E-state index in [9.17, 15) is 17.6 Å². The molecular weight excluding hydrogens is 307 g/mol. The van der Waals surface area contributed by atoms with Crippen LogP contribution in [0.15, 0.2) is 24.3 Å². The zero-order chi connectivity index (χ0) is 16.2. The van der Waals surface area contributed by atoms with E-state index in [-0.39, 0.29) is 25.4 Å². The highest BCUT2D eigenvalue weighted by atomic mass is 32.2. The van der Waals surface area contributed by atoms with Crippen LogP contribution in [-0.2, 0) is 21.4 Å². The number of hydrogen-bond acceptors (Lipinski definition) is 3. The molecule has 0 radical (unpaired) electrons. The first-order valence-electron chi connectivity index (χ1n) is 7.34. The van der Waals surface area contributed by atoms with Crippen LogP contribution in [0.3, 0.4) is 0 Å². The zero-order valence-corrected chi connectivity index (χ0v) is 13.5. The van der Waals surface area contributed by atoms with E-state index >= 15 is 0 Å². The minimum absolute atomic E-state index is 0.0420. The maximum atomic E-state index is 13.7. The topological polar surface area (TPSA) is 57.7 Å². The van der Waals surface area contributed by atoms with Crippen molar-refractivity contribution in [2.24, 2.45) is 0 Å². The van der Waals surface area contributed by atoms with Crippen molar-refractivity contribution in [3.05, 3.63) is 35.6 Å². The molecule has 122 valence electrons. The lowest BCUT2D eigenvalue weighted by atomic mass is 10.2. The third-order valence-electron chi connectivity index (χ3n) is 3.81. The largest absolute Gasteiger partial charge is 0.343 e. The number of rotatable bonds is 6. The lowest BCUT2D eigenvalue weighted by Gasteiger charge is -2.22. The highest BCUT2D eigenvalue weighted by molar-refractivity contribution is 7.88. The summed E-state index contributed by atoms with van der Waals surface area (Å²) in [5.74, 6) is -0.485. The van der Waals surface area contributed by atoms with Crippen LogP contribution in [0.25, 0.3) is 0 Å². The monoisotopic (exact) mass is 328 g/mol. The van der Waals surface area contributed by atoms with Crippen molar-refractivity contribution in [2.45, 2.75) is 25.8 Å². The van der Waals surface area contributed by atoms with E-state index in [4.69, 9.17) is 0 Å². The van der Waals surface area contributed by atoms with E-state index < -0.39 is 15.8 Å². The molecule has 2 rings (SSSR count). The molecule has 1 aromatic rings. The molecule has 7 heteroatoms. The average Bonchev–Trinajstić information content (AvgIpc) is 2.98. The van der Waals surface area contributed by atoms with Gasteiger partial charge in [0.2, 0.25) is 15.9 Å². The maximum absolute atomic E-state index is 13.7. The van der Waals surface area contributed by atoms with Crippen molar-refractivity contribution in [1.29, 1.82) is 0 Å². The van der Waals surface area contributed by atoms with Crippen LogP contribution in [0.4, 0.5) is 4.39 Å². The number of sulfonamides is 1. The summed E-state index contributed by atoms with van der Waals surface area (Å²) < 4.78 is 38.6. The number of carbonyl (C=O) groups excluding carboxylic acids is 1. The number of likely N-dealkylation sites (tertiary alicyclic amines) is 1. The maximum Gasteiger partial charge on any atom is 0.223 e. The van der Waals surface area contributed by atoms with Gasteiger partial charge in [0.25, 0.3) is 0 Å². The van der Waals surface area contributed by atoms with Gasteiger partial charge in [0, 0.05) is 38.2 Å². The Morgan fingerprint density at radius 3 is 2.50 bits per heavy atom. The molecule has 0 atom stereocenters. The van der Waals surface area contributed by atoms with Gasteiger partial charge in [0.05, 0.1) is 6.26 Å². The summed E-state index contributed by atoms with van der Waals surface area (Å²) in [6.07, 6.45) is 3.20. The van der Waals surface area contributed by atoms with Crippen LogP contribution in [-0.4, -0.2) is 49.4 Å². The summed E-state index contributed by atoms with van der Waals surface area (Å²) in [6, 6.07) is 6.07. The van der Waals surface area contributed by atoms with Crippen LogP contribution in [0.1, 0.15) is 24.8 Å². The Hall–Kier alpha value is -1.47. The Balaban J connectivity index is 2.01. The molecule has 0 aromatic heterocycles. The molecule has 22 heavy (non-hydrogen) atoms. The number of nitrogens with zero attached hydrogens (tertiary/aromatic N) is 2. The number of halogens is 1. The van der Waals surface area contributed by atoms with Crippen molar-refractivity contribution in [1.82, 2.24) is 9.21 Å². The molecule has 0 aliphatic carbocycles. The van der Waals surface area contributed by atoms with Crippen molar-refractivity contribution in [3.8, 4) is 0 Å². The van der Waals surface area contributed by atoms with Crippen LogP contribution in [0, 0.1) is 5.82 Å². The van der Waals surface area contributed by atoms with E-state index in [1.807, 2.05) is 0 Å². The van der Waals surface area contributed by atoms with Crippen LogP contribution >= 0.6 is 0 Å². The lowest BCUT2D eigenvalue weighted by molar-refractivity contribution is -0.130. The Bertz CT molecular complexity index is 627. The van der Waals surface area contributed by atoms with Gasteiger partial charge >= 0.3 is 0 Å². The molecule has 0 saturated carbocycles. The highest BCUT2D eigenvalue weighted by Gasteiger charge is 2.22. The molecule has 0 unspecified atom stereocenters. The Kier molecular flexibility index (Phi) is 5.52. The van der Waals surface area contributed by atoms with Crippen molar-refractivity contribution in [3.63, 3.8) is 0 Å². The van der Waals surface area contributed by atoms with Crippen LogP contribution in [0.5, 0.6) is 0 Å². The molecule has 0 spiro atoms. The molecule has 0 bridgehead atoms. The quantitative estimate of drug-likeness (QED) is 0.797. The van der Waals surface area contributed by atoms with Crippen molar-refractivity contribution < 1.29 is 17.6 Å². The van der Waals surface area contributed by atoms with E-state index in [0.717, 1.165) is 36.5 Å². The highest BCUT2D eigenvalue weighted by Crippen LogP contribution is 2.14. The smallest absolute Gasteiger partial charge is 0.223 e. The summed E-state index contributed by atoms with van der Waals surface area (Å²) in [5.41, 5.74) is 0.307. The second-order valence-corrected chi connectivity index (χ2v) is 7.51. The van der Waals surface area contributed by atoms with Gasteiger partial charge in [-0.15, -0.1) is 0 Å². The molecule has 1 aliphatic rings. The van der Waals surface area contributed by atoms with Gasteiger partial charge in [-0.25, -0.2) is 12.8 Å². The van der Waals surface area contributed by atoms with Crippen molar-refractivity contribution >= 4 is 15.9 Å². The fourth-order valence-corrected chi connectivity index (χ4v) is 3.32. The first-order valence-corrected chi connectivity index (χ1v) is 9.19.